The lowest BCUT2D eigenvalue weighted by Gasteiger charge is -2.34. The standard InChI is InChI=1S/C18H19F2N2O8P/c1-9-6-22(10(2)21-16(9)25)17-14(23)15(24)18(20,29-17)8-28-31(26)27-7-11-5-12(19)3-4-13(11)30-31/h3-6,14-15,17,23-24H,2,7-8H2,1H3,(H,21,25)/t14-,15+,17-,18-,31?/m1/s1/i8D2,17D. The zero-order valence-electron chi connectivity index (χ0n) is 18.9. The molecule has 31 heavy (non-hydrogen) atoms. The first-order chi connectivity index (χ1) is 15.6. The minimum Gasteiger partial charge on any atom is -0.404 e. The highest BCUT2D eigenvalue weighted by Gasteiger charge is 2.58. The summed E-state index contributed by atoms with van der Waals surface area (Å²) in [5, 5.41) is 23.0. The molecule has 3 aliphatic heterocycles. The monoisotopic (exact) mass is 463 g/mol. The molecule has 0 bridgehead atoms. The van der Waals surface area contributed by atoms with Crippen LogP contribution >= 0.6 is 7.82 Å². The average Bonchev–Trinajstić information content (AvgIpc) is 2.92. The van der Waals surface area contributed by atoms with Gasteiger partial charge in [-0.1, -0.05) is 6.58 Å². The molecule has 13 heteroatoms. The third-order valence-corrected chi connectivity index (χ3v) is 5.74. The summed E-state index contributed by atoms with van der Waals surface area (Å²) in [6, 6.07) is 3.06. The maximum Gasteiger partial charge on any atom is 0.530 e. The highest BCUT2D eigenvalue weighted by atomic mass is 31.2. The Morgan fingerprint density at radius 2 is 2.29 bits per heavy atom. The van der Waals surface area contributed by atoms with Gasteiger partial charge in [0.2, 0.25) is 0 Å². The largest absolute Gasteiger partial charge is 0.530 e. The zero-order chi connectivity index (χ0) is 25.3. The second kappa shape index (κ2) is 7.66. The van der Waals surface area contributed by atoms with E-state index >= 15 is 4.39 Å². The Balaban J connectivity index is 1.63. The lowest BCUT2D eigenvalue weighted by molar-refractivity contribution is -0.208. The first kappa shape index (κ1) is 18.3. The summed E-state index contributed by atoms with van der Waals surface area (Å²) in [6.07, 6.45) is -7.15. The Hall–Kier alpha value is -2.34. The molecule has 0 aliphatic carbocycles. The predicted octanol–water partition coefficient (Wildman–Crippen LogP) is 1.41. The van der Waals surface area contributed by atoms with Gasteiger partial charge in [-0.15, -0.1) is 0 Å². The molecule has 3 aliphatic rings. The lowest BCUT2D eigenvalue weighted by atomic mass is 10.1. The molecule has 1 saturated heterocycles. The van der Waals surface area contributed by atoms with Gasteiger partial charge in [-0.3, -0.25) is 13.8 Å². The number of phosphoric ester groups is 1. The van der Waals surface area contributed by atoms with E-state index in [1.807, 2.05) is 0 Å². The molecule has 3 heterocycles. The van der Waals surface area contributed by atoms with E-state index in [2.05, 4.69) is 16.4 Å². The van der Waals surface area contributed by atoms with Crippen LogP contribution in [0.1, 0.15) is 16.6 Å². The van der Waals surface area contributed by atoms with Crippen LogP contribution in [-0.4, -0.2) is 51.8 Å². The summed E-state index contributed by atoms with van der Waals surface area (Å²) in [6.45, 7) is 0.430. The van der Waals surface area contributed by atoms with Crippen molar-refractivity contribution in [2.45, 2.75) is 37.8 Å². The number of rotatable bonds is 4. The van der Waals surface area contributed by atoms with Crippen molar-refractivity contribution in [2.75, 3.05) is 6.56 Å². The fourth-order valence-corrected chi connectivity index (χ4v) is 4.00. The topological polar surface area (TPSA) is 127 Å². The number of aliphatic hydroxyl groups excluding tert-OH is 2. The maximum atomic E-state index is 15.9. The Morgan fingerprint density at radius 3 is 3.03 bits per heavy atom. The van der Waals surface area contributed by atoms with Gasteiger partial charge in [0.25, 0.3) is 11.8 Å². The highest BCUT2D eigenvalue weighted by Crippen LogP contribution is 2.55. The molecule has 3 N–H and O–H groups in total. The molecule has 1 amide bonds. The number of carbonyl (C=O) groups excluding carboxylic acids is 1. The highest BCUT2D eigenvalue weighted by molar-refractivity contribution is 7.49. The predicted molar refractivity (Wildman–Crippen MR) is 99.0 cm³/mol. The van der Waals surface area contributed by atoms with Crippen molar-refractivity contribution in [3.05, 3.63) is 53.8 Å². The molecule has 0 radical (unpaired) electrons. The number of alkyl halides is 1. The number of hydrogen-bond donors (Lipinski definition) is 3. The Morgan fingerprint density at radius 1 is 1.55 bits per heavy atom. The smallest absolute Gasteiger partial charge is 0.404 e. The van der Waals surface area contributed by atoms with E-state index in [-0.39, 0.29) is 22.7 Å². The number of phosphoric acid groups is 1. The van der Waals surface area contributed by atoms with Crippen molar-refractivity contribution in [3.8, 4) is 5.75 Å². The van der Waals surface area contributed by atoms with E-state index in [1.54, 1.807) is 0 Å². The van der Waals surface area contributed by atoms with Crippen LogP contribution in [0.4, 0.5) is 8.78 Å². The van der Waals surface area contributed by atoms with Crippen LogP contribution in [-0.2, 0) is 29.8 Å². The number of amides is 1. The summed E-state index contributed by atoms with van der Waals surface area (Å²) in [5.41, 5.74) is 0.125. The third-order valence-electron chi connectivity index (χ3n) is 4.56. The van der Waals surface area contributed by atoms with Gasteiger partial charge < -0.3 is 29.7 Å². The maximum absolute atomic E-state index is 15.9. The first-order valence-electron chi connectivity index (χ1n) is 10.3. The molecule has 1 fully saturated rings. The molecule has 168 valence electrons. The summed E-state index contributed by atoms with van der Waals surface area (Å²) in [7, 11) is -4.90. The van der Waals surface area contributed by atoms with Gasteiger partial charge in [0.05, 0.1) is 10.7 Å². The van der Waals surface area contributed by atoms with Crippen LogP contribution in [0.2, 0.25) is 0 Å². The van der Waals surface area contributed by atoms with Gasteiger partial charge in [-0.05, 0) is 25.1 Å². The Bertz CT molecular complexity index is 1160. The number of carbonyl (C=O) groups is 1. The molecule has 1 aromatic rings. The van der Waals surface area contributed by atoms with Gasteiger partial charge >= 0.3 is 7.82 Å². The normalized spacial score (nSPS) is 39.6. The number of aliphatic hydroxyl groups is 2. The number of ether oxygens (including phenoxy) is 1. The molecule has 10 nitrogen and oxygen atoms in total. The van der Waals surface area contributed by atoms with Gasteiger partial charge in [-0.25, -0.2) is 13.3 Å². The van der Waals surface area contributed by atoms with Crippen LogP contribution in [0, 0.1) is 5.82 Å². The first-order valence-corrected chi connectivity index (χ1v) is 10.2. The number of fused-ring (bicyclic) bond motifs is 1. The second-order valence-electron chi connectivity index (χ2n) is 6.82. The summed E-state index contributed by atoms with van der Waals surface area (Å²) >= 11 is 0. The van der Waals surface area contributed by atoms with Crippen molar-refractivity contribution in [1.29, 1.82) is 0 Å². The van der Waals surface area contributed by atoms with E-state index in [9.17, 15) is 24.0 Å². The van der Waals surface area contributed by atoms with Crippen LogP contribution in [0.25, 0.3) is 0 Å². The van der Waals surface area contributed by atoms with Crippen LogP contribution < -0.4 is 9.84 Å². The number of halogens is 2. The summed E-state index contributed by atoms with van der Waals surface area (Å²) in [4.78, 5) is 12.4. The Kier molecular flexibility index (Phi) is 4.51. The Labute approximate surface area is 179 Å². The van der Waals surface area contributed by atoms with E-state index in [1.165, 1.54) is 6.92 Å². The van der Waals surface area contributed by atoms with Crippen molar-refractivity contribution >= 4 is 13.7 Å². The molecule has 0 saturated carbocycles. The van der Waals surface area contributed by atoms with Gasteiger partial charge in [0.1, 0.15) is 36.2 Å². The number of nitrogens with zero attached hydrogens (tertiary/aromatic N) is 1. The van der Waals surface area contributed by atoms with Gasteiger partial charge in [0.15, 0.2) is 6.20 Å². The second-order valence-corrected chi connectivity index (χ2v) is 8.33. The molecule has 0 spiro atoms. The molecular formula is C18H19F2N2O8P. The van der Waals surface area contributed by atoms with E-state index in [0.717, 1.165) is 24.4 Å². The van der Waals surface area contributed by atoms with Gasteiger partial charge in [0, 0.05) is 17.3 Å². The van der Waals surface area contributed by atoms with Crippen molar-refractivity contribution in [1.82, 2.24) is 10.2 Å². The van der Waals surface area contributed by atoms with Crippen molar-refractivity contribution < 1.29 is 50.8 Å². The number of benzene rings is 1. The average molecular weight is 463 g/mol. The van der Waals surface area contributed by atoms with E-state index in [0.29, 0.717) is 4.90 Å². The SMILES string of the molecule is [2H]C([2H])(OP1(=O)OCc2cc(F)ccc2O1)[C@@]1(F)O[C@@]([2H])(N2C=C(C)C(=O)NC2=C)[C@H](O)[C@@H]1O. The summed E-state index contributed by atoms with van der Waals surface area (Å²) in [5.74, 6) is -5.76. The molecule has 0 aromatic heterocycles. The number of hydrogen-bond acceptors (Lipinski definition) is 9. The van der Waals surface area contributed by atoms with Crippen molar-refractivity contribution in [3.63, 3.8) is 0 Å². The third kappa shape index (κ3) is 3.98. The minimum atomic E-state index is -4.90. The molecule has 1 unspecified atom stereocenters. The molecule has 1 aromatic carbocycles. The quantitative estimate of drug-likeness (QED) is 0.568. The van der Waals surface area contributed by atoms with Crippen LogP contribution in [0.5, 0.6) is 5.75 Å². The van der Waals surface area contributed by atoms with Gasteiger partial charge in [-0.2, -0.15) is 0 Å². The van der Waals surface area contributed by atoms with E-state index in [4.69, 9.17) is 17.9 Å². The lowest BCUT2D eigenvalue weighted by Crippen LogP contribution is -2.47. The van der Waals surface area contributed by atoms with Crippen LogP contribution in [0.3, 0.4) is 0 Å². The van der Waals surface area contributed by atoms with E-state index < -0.39 is 57.0 Å². The number of nitrogens with one attached hydrogen (secondary N) is 1. The molecule has 4 rings (SSSR count). The zero-order valence-corrected chi connectivity index (χ0v) is 16.8. The van der Waals surface area contributed by atoms with Crippen molar-refractivity contribution in [2.24, 2.45) is 0 Å². The fraction of sp³-hybridized carbons (Fsp3) is 0.389. The molecular weight excluding hydrogens is 441 g/mol. The molecule has 5 atom stereocenters. The minimum absolute atomic E-state index is 0.00322. The van der Waals surface area contributed by atoms with Crippen LogP contribution in [0.15, 0.2) is 42.4 Å². The fourth-order valence-electron chi connectivity index (χ4n) is 2.91. The summed E-state index contributed by atoms with van der Waals surface area (Å²) < 4.78 is 85.9.